The first-order chi connectivity index (χ1) is 9.66. The van der Waals surface area contributed by atoms with Crippen molar-refractivity contribution in [2.45, 2.75) is 32.4 Å². The van der Waals surface area contributed by atoms with Crippen molar-refractivity contribution in [1.29, 1.82) is 0 Å². The molecule has 7 heteroatoms. The van der Waals surface area contributed by atoms with Crippen LogP contribution in [0.5, 0.6) is 0 Å². The summed E-state index contributed by atoms with van der Waals surface area (Å²) in [5, 5.41) is 11.5. The summed E-state index contributed by atoms with van der Waals surface area (Å²) in [7, 11) is 0. The van der Waals surface area contributed by atoms with Crippen molar-refractivity contribution in [3.63, 3.8) is 0 Å². The number of fused-ring (bicyclic) bond motifs is 1. The van der Waals surface area contributed by atoms with Gasteiger partial charge in [-0.3, -0.25) is 9.78 Å². The molecule has 1 amide bonds. The van der Waals surface area contributed by atoms with E-state index in [2.05, 4.69) is 25.1 Å². The molecule has 1 aliphatic rings. The van der Waals surface area contributed by atoms with Gasteiger partial charge >= 0.3 is 0 Å². The van der Waals surface area contributed by atoms with Crippen LogP contribution in [-0.2, 0) is 13.0 Å². The van der Waals surface area contributed by atoms with Crippen molar-refractivity contribution in [3.8, 4) is 0 Å². The zero-order chi connectivity index (χ0) is 14.1. The number of pyridine rings is 1. The van der Waals surface area contributed by atoms with Crippen LogP contribution >= 0.6 is 11.6 Å². The summed E-state index contributed by atoms with van der Waals surface area (Å²) in [6, 6.07) is 1.38. The van der Waals surface area contributed by atoms with Crippen LogP contribution in [-0.4, -0.2) is 25.7 Å². The van der Waals surface area contributed by atoms with Crippen LogP contribution < -0.4 is 5.32 Å². The minimum Gasteiger partial charge on any atom is -0.342 e. The largest absolute Gasteiger partial charge is 0.342 e. The maximum absolute atomic E-state index is 12.2. The first kappa shape index (κ1) is 13.1. The quantitative estimate of drug-likeness (QED) is 0.935. The van der Waals surface area contributed by atoms with Gasteiger partial charge in [0, 0.05) is 25.4 Å². The van der Waals surface area contributed by atoms with E-state index in [1.165, 1.54) is 6.20 Å². The first-order valence-electron chi connectivity index (χ1n) is 6.49. The number of carbonyl (C=O) groups excluding carboxylic acids is 1. The standard InChI is InChI=1S/C13H14ClN5O/c1-8(12-18-17-11-3-2-6-19(11)12)16-13(20)9-4-5-15-7-10(9)14/h4-5,7-8H,2-3,6H2,1H3,(H,16,20). The second-order valence-electron chi connectivity index (χ2n) is 4.78. The Morgan fingerprint density at radius 1 is 1.50 bits per heavy atom. The highest BCUT2D eigenvalue weighted by Gasteiger charge is 2.23. The molecule has 6 nitrogen and oxygen atoms in total. The lowest BCUT2D eigenvalue weighted by Crippen LogP contribution is -2.29. The van der Waals surface area contributed by atoms with E-state index < -0.39 is 0 Å². The molecule has 0 aliphatic carbocycles. The van der Waals surface area contributed by atoms with Crippen LogP contribution in [0.15, 0.2) is 18.5 Å². The molecule has 1 aliphatic heterocycles. The minimum atomic E-state index is -0.236. The molecule has 0 fully saturated rings. The topological polar surface area (TPSA) is 72.7 Å². The van der Waals surface area contributed by atoms with E-state index in [1.54, 1.807) is 12.3 Å². The number of hydrogen-bond donors (Lipinski definition) is 1. The van der Waals surface area contributed by atoms with Gasteiger partial charge in [0.05, 0.1) is 16.6 Å². The van der Waals surface area contributed by atoms with Gasteiger partial charge in [-0.05, 0) is 19.4 Å². The van der Waals surface area contributed by atoms with E-state index in [0.29, 0.717) is 10.6 Å². The van der Waals surface area contributed by atoms with Crippen LogP contribution in [0.1, 0.15) is 41.4 Å². The van der Waals surface area contributed by atoms with Crippen molar-refractivity contribution in [2.24, 2.45) is 0 Å². The molecule has 0 aromatic carbocycles. The summed E-state index contributed by atoms with van der Waals surface area (Å²) in [6.07, 6.45) is 5.02. The number of aromatic nitrogens is 4. The van der Waals surface area contributed by atoms with Gasteiger partial charge in [0.25, 0.3) is 5.91 Å². The Morgan fingerprint density at radius 2 is 2.35 bits per heavy atom. The molecule has 1 N–H and O–H groups in total. The number of aryl methyl sites for hydroxylation is 1. The highest BCUT2D eigenvalue weighted by molar-refractivity contribution is 6.33. The van der Waals surface area contributed by atoms with Crippen LogP contribution in [0.2, 0.25) is 5.02 Å². The molecule has 0 saturated carbocycles. The zero-order valence-corrected chi connectivity index (χ0v) is 11.8. The third-order valence-corrected chi connectivity index (χ3v) is 3.69. The van der Waals surface area contributed by atoms with E-state index in [0.717, 1.165) is 31.0 Å². The van der Waals surface area contributed by atoms with Crippen molar-refractivity contribution in [1.82, 2.24) is 25.1 Å². The van der Waals surface area contributed by atoms with Crippen LogP contribution in [0.25, 0.3) is 0 Å². The molecule has 0 bridgehead atoms. The average Bonchev–Trinajstić information content (AvgIpc) is 3.00. The third-order valence-electron chi connectivity index (χ3n) is 3.39. The number of amides is 1. The van der Waals surface area contributed by atoms with Gasteiger partial charge in [-0.25, -0.2) is 0 Å². The molecule has 104 valence electrons. The first-order valence-corrected chi connectivity index (χ1v) is 6.87. The number of rotatable bonds is 3. The Bertz CT molecular complexity index is 654. The van der Waals surface area contributed by atoms with Gasteiger partial charge in [0.15, 0.2) is 5.82 Å². The van der Waals surface area contributed by atoms with E-state index in [-0.39, 0.29) is 11.9 Å². The SMILES string of the molecule is CC(NC(=O)c1ccncc1Cl)c1nnc2n1CCC2. The third kappa shape index (κ3) is 2.27. The molecule has 3 heterocycles. The summed E-state index contributed by atoms with van der Waals surface area (Å²) in [6.45, 7) is 2.80. The predicted octanol–water partition coefficient (Wildman–Crippen LogP) is 1.76. The fourth-order valence-electron chi connectivity index (χ4n) is 2.39. The minimum absolute atomic E-state index is 0.217. The van der Waals surface area contributed by atoms with Gasteiger partial charge in [0.1, 0.15) is 5.82 Å². The Hall–Kier alpha value is -1.95. The second kappa shape index (κ2) is 5.20. The van der Waals surface area contributed by atoms with Crippen molar-refractivity contribution < 1.29 is 4.79 Å². The monoisotopic (exact) mass is 291 g/mol. The summed E-state index contributed by atoms with van der Waals surface area (Å²) in [5.74, 6) is 1.54. The number of nitrogens with one attached hydrogen (secondary N) is 1. The summed E-state index contributed by atoms with van der Waals surface area (Å²) < 4.78 is 2.07. The summed E-state index contributed by atoms with van der Waals surface area (Å²) in [4.78, 5) is 16.1. The Kier molecular flexibility index (Phi) is 3.40. The lowest BCUT2D eigenvalue weighted by atomic mass is 10.2. The molecule has 1 unspecified atom stereocenters. The molecule has 3 rings (SSSR count). The molecule has 2 aromatic heterocycles. The van der Waals surface area contributed by atoms with E-state index in [1.807, 2.05) is 6.92 Å². The van der Waals surface area contributed by atoms with Gasteiger partial charge in [0.2, 0.25) is 0 Å². The van der Waals surface area contributed by atoms with Crippen molar-refractivity contribution >= 4 is 17.5 Å². The fourth-order valence-corrected chi connectivity index (χ4v) is 2.60. The molecule has 20 heavy (non-hydrogen) atoms. The number of carbonyl (C=O) groups is 1. The molecule has 0 radical (unpaired) electrons. The smallest absolute Gasteiger partial charge is 0.253 e. The van der Waals surface area contributed by atoms with Crippen molar-refractivity contribution in [2.75, 3.05) is 0 Å². The van der Waals surface area contributed by atoms with Crippen LogP contribution in [0, 0.1) is 0 Å². The summed E-state index contributed by atoms with van der Waals surface area (Å²) >= 11 is 5.96. The van der Waals surface area contributed by atoms with E-state index in [9.17, 15) is 4.79 Å². The summed E-state index contributed by atoms with van der Waals surface area (Å²) in [5.41, 5.74) is 0.412. The molecule has 0 saturated heterocycles. The maximum atomic E-state index is 12.2. The lowest BCUT2D eigenvalue weighted by molar-refractivity contribution is 0.0937. The molecule has 1 atom stereocenters. The van der Waals surface area contributed by atoms with E-state index in [4.69, 9.17) is 11.6 Å². The highest BCUT2D eigenvalue weighted by Crippen LogP contribution is 2.20. The molecular weight excluding hydrogens is 278 g/mol. The van der Waals surface area contributed by atoms with Crippen LogP contribution in [0.4, 0.5) is 0 Å². The molecule has 0 spiro atoms. The van der Waals surface area contributed by atoms with Gasteiger partial charge in [-0.15, -0.1) is 10.2 Å². The molecule has 2 aromatic rings. The van der Waals surface area contributed by atoms with Gasteiger partial charge in [-0.1, -0.05) is 11.6 Å². The second-order valence-corrected chi connectivity index (χ2v) is 5.19. The lowest BCUT2D eigenvalue weighted by Gasteiger charge is -2.14. The zero-order valence-electron chi connectivity index (χ0n) is 11.0. The predicted molar refractivity (Wildman–Crippen MR) is 73.5 cm³/mol. The van der Waals surface area contributed by atoms with Crippen molar-refractivity contribution in [3.05, 3.63) is 40.7 Å². The maximum Gasteiger partial charge on any atom is 0.253 e. The normalized spacial score (nSPS) is 14.9. The van der Waals surface area contributed by atoms with E-state index >= 15 is 0 Å². The highest BCUT2D eigenvalue weighted by atomic mass is 35.5. The number of hydrogen-bond acceptors (Lipinski definition) is 4. The fraction of sp³-hybridized carbons (Fsp3) is 0.385. The molecular formula is C13H14ClN5O. The Balaban J connectivity index is 1.77. The Labute approximate surface area is 121 Å². The van der Waals surface area contributed by atoms with Gasteiger partial charge in [-0.2, -0.15) is 0 Å². The average molecular weight is 292 g/mol. The van der Waals surface area contributed by atoms with Gasteiger partial charge < -0.3 is 9.88 Å². The van der Waals surface area contributed by atoms with Crippen LogP contribution in [0.3, 0.4) is 0 Å². The number of halogens is 1. The number of nitrogens with zero attached hydrogens (tertiary/aromatic N) is 4. The Morgan fingerprint density at radius 3 is 3.15 bits per heavy atom.